The van der Waals surface area contributed by atoms with Crippen LogP contribution in [0.4, 0.5) is 0 Å². The Morgan fingerprint density at radius 2 is 1.97 bits per heavy atom. The molecular formula is C28H32N4O5. The van der Waals surface area contributed by atoms with E-state index >= 15 is 0 Å². The molecule has 0 radical (unpaired) electrons. The standard InChI is InChI=1S/C28H32N4O5/c1-18-15-32(19(2)17-33)28(35)23-13-21(22-7-5-6-8-24(22)36-4)14-30-26(23)37-25(18)16-31(3)27(34)20-9-11-29-12-10-20/h5-14,18-19,25,33H,15-17H2,1-4H3/t18-,19-,25-/m1/s1. The topological polar surface area (TPSA) is 105 Å². The number of benzene rings is 1. The van der Waals surface area contributed by atoms with Crippen molar-refractivity contribution in [3.8, 4) is 22.8 Å². The van der Waals surface area contributed by atoms with E-state index < -0.39 is 12.1 Å². The molecule has 2 amide bonds. The van der Waals surface area contributed by atoms with Crippen LogP contribution in [0.5, 0.6) is 11.6 Å². The maximum absolute atomic E-state index is 13.7. The molecule has 3 atom stereocenters. The Balaban J connectivity index is 1.71. The normalized spacial score (nSPS) is 18.2. The lowest BCUT2D eigenvalue weighted by molar-refractivity contribution is 0.0313. The molecule has 9 nitrogen and oxygen atoms in total. The molecular weight excluding hydrogens is 472 g/mol. The first-order valence-electron chi connectivity index (χ1n) is 12.2. The second kappa shape index (κ2) is 11.4. The molecule has 4 rings (SSSR count). The lowest BCUT2D eigenvalue weighted by Gasteiger charge is -2.37. The Kier molecular flexibility index (Phi) is 8.03. The van der Waals surface area contributed by atoms with Gasteiger partial charge in [0.15, 0.2) is 0 Å². The van der Waals surface area contributed by atoms with Crippen molar-refractivity contribution in [2.24, 2.45) is 5.92 Å². The van der Waals surface area contributed by atoms with Gasteiger partial charge < -0.3 is 24.4 Å². The summed E-state index contributed by atoms with van der Waals surface area (Å²) in [7, 11) is 3.31. The summed E-state index contributed by atoms with van der Waals surface area (Å²) in [5.41, 5.74) is 2.33. The summed E-state index contributed by atoms with van der Waals surface area (Å²) in [6, 6.07) is 12.2. The number of pyridine rings is 2. The monoisotopic (exact) mass is 504 g/mol. The number of ether oxygens (including phenoxy) is 2. The van der Waals surface area contributed by atoms with Crippen LogP contribution in [0.15, 0.2) is 61.1 Å². The molecule has 194 valence electrons. The smallest absolute Gasteiger partial charge is 0.259 e. The Hall–Kier alpha value is -3.98. The number of likely N-dealkylation sites (N-methyl/N-ethyl adjacent to an activating group) is 1. The highest BCUT2D eigenvalue weighted by molar-refractivity contribution is 5.98. The molecule has 9 heteroatoms. The molecule has 3 heterocycles. The first kappa shape index (κ1) is 26.1. The van der Waals surface area contributed by atoms with Crippen molar-refractivity contribution in [1.29, 1.82) is 0 Å². The molecule has 0 fully saturated rings. The van der Waals surface area contributed by atoms with E-state index in [4.69, 9.17) is 9.47 Å². The first-order chi connectivity index (χ1) is 17.8. The van der Waals surface area contributed by atoms with E-state index in [1.54, 1.807) is 67.7 Å². The average Bonchev–Trinajstić information content (AvgIpc) is 2.94. The number of rotatable bonds is 7. The highest BCUT2D eigenvalue weighted by Crippen LogP contribution is 2.34. The molecule has 37 heavy (non-hydrogen) atoms. The van der Waals surface area contributed by atoms with Gasteiger partial charge in [0.05, 0.1) is 26.3 Å². The summed E-state index contributed by atoms with van der Waals surface area (Å²) in [5, 5.41) is 9.90. The largest absolute Gasteiger partial charge is 0.496 e. The van der Waals surface area contributed by atoms with Gasteiger partial charge in [0, 0.05) is 54.8 Å². The summed E-state index contributed by atoms with van der Waals surface area (Å²) in [6.07, 6.45) is 4.37. The number of fused-ring (bicyclic) bond motifs is 1. The molecule has 1 aliphatic heterocycles. The Morgan fingerprint density at radius 1 is 1.24 bits per heavy atom. The van der Waals surface area contributed by atoms with Crippen molar-refractivity contribution in [1.82, 2.24) is 19.8 Å². The van der Waals surface area contributed by atoms with Gasteiger partial charge in [-0.2, -0.15) is 0 Å². The molecule has 3 aromatic rings. The Bertz CT molecular complexity index is 1250. The van der Waals surface area contributed by atoms with Crippen molar-refractivity contribution in [2.75, 3.05) is 33.9 Å². The van der Waals surface area contributed by atoms with Gasteiger partial charge in [-0.25, -0.2) is 4.98 Å². The summed E-state index contributed by atoms with van der Waals surface area (Å²) < 4.78 is 11.8. The van der Waals surface area contributed by atoms with Crippen molar-refractivity contribution < 1.29 is 24.2 Å². The van der Waals surface area contributed by atoms with Gasteiger partial charge in [-0.1, -0.05) is 25.1 Å². The number of nitrogens with zero attached hydrogens (tertiary/aromatic N) is 4. The van der Waals surface area contributed by atoms with E-state index in [0.717, 1.165) is 5.56 Å². The molecule has 1 aliphatic rings. The number of aliphatic hydroxyl groups is 1. The fraction of sp³-hybridized carbons (Fsp3) is 0.357. The quantitative estimate of drug-likeness (QED) is 0.527. The maximum atomic E-state index is 13.7. The zero-order valence-electron chi connectivity index (χ0n) is 21.5. The van der Waals surface area contributed by atoms with Crippen LogP contribution in [0, 0.1) is 5.92 Å². The van der Waals surface area contributed by atoms with Crippen LogP contribution < -0.4 is 9.47 Å². The third-order valence-corrected chi connectivity index (χ3v) is 6.67. The van der Waals surface area contributed by atoms with E-state index in [1.807, 2.05) is 31.2 Å². The number of methoxy groups -OCH3 is 1. The maximum Gasteiger partial charge on any atom is 0.259 e. The minimum absolute atomic E-state index is 0.144. The fourth-order valence-corrected chi connectivity index (χ4v) is 4.42. The number of amides is 2. The summed E-state index contributed by atoms with van der Waals surface area (Å²) in [4.78, 5) is 38.4. The molecule has 1 N–H and O–H groups in total. The van der Waals surface area contributed by atoms with Crippen molar-refractivity contribution >= 4 is 11.8 Å². The number of para-hydroxylation sites is 1. The zero-order chi connectivity index (χ0) is 26.5. The van der Waals surface area contributed by atoms with Gasteiger partial charge in [0.2, 0.25) is 5.88 Å². The lowest BCUT2D eigenvalue weighted by atomic mass is 9.98. The second-order valence-electron chi connectivity index (χ2n) is 9.32. The van der Waals surface area contributed by atoms with Gasteiger partial charge in [0.25, 0.3) is 11.8 Å². The number of aromatic nitrogens is 2. The molecule has 0 aliphatic carbocycles. The predicted molar refractivity (Wildman–Crippen MR) is 139 cm³/mol. The number of hydrogen-bond acceptors (Lipinski definition) is 7. The highest BCUT2D eigenvalue weighted by atomic mass is 16.5. The summed E-state index contributed by atoms with van der Waals surface area (Å²) in [5.74, 6) is 0.283. The van der Waals surface area contributed by atoms with Crippen LogP contribution in [-0.4, -0.2) is 82.7 Å². The third-order valence-electron chi connectivity index (χ3n) is 6.67. The van der Waals surface area contributed by atoms with Crippen LogP contribution in [-0.2, 0) is 0 Å². The number of carbonyl (C=O) groups is 2. The molecule has 0 saturated carbocycles. The minimum atomic E-state index is -0.444. The highest BCUT2D eigenvalue weighted by Gasteiger charge is 2.35. The molecule has 0 unspecified atom stereocenters. The third kappa shape index (κ3) is 5.56. The van der Waals surface area contributed by atoms with Crippen LogP contribution in [0.3, 0.4) is 0 Å². The van der Waals surface area contributed by atoms with E-state index in [2.05, 4.69) is 9.97 Å². The summed E-state index contributed by atoms with van der Waals surface area (Å²) in [6.45, 7) is 4.22. The molecule has 0 spiro atoms. The number of carbonyl (C=O) groups excluding carboxylic acids is 2. The van der Waals surface area contributed by atoms with Crippen LogP contribution >= 0.6 is 0 Å². The number of aliphatic hydroxyl groups excluding tert-OH is 1. The van der Waals surface area contributed by atoms with Crippen LogP contribution in [0.1, 0.15) is 34.6 Å². The van der Waals surface area contributed by atoms with Gasteiger partial charge in [0.1, 0.15) is 17.4 Å². The van der Waals surface area contributed by atoms with Gasteiger partial charge in [-0.05, 0) is 31.2 Å². The average molecular weight is 505 g/mol. The minimum Gasteiger partial charge on any atom is -0.496 e. The second-order valence-corrected chi connectivity index (χ2v) is 9.32. The van der Waals surface area contributed by atoms with Gasteiger partial charge >= 0.3 is 0 Å². The van der Waals surface area contributed by atoms with Crippen LogP contribution in [0.2, 0.25) is 0 Å². The van der Waals surface area contributed by atoms with E-state index in [1.165, 1.54) is 0 Å². The zero-order valence-corrected chi connectivity index (χ0v) is 21.5. The lowest BCUT2D eigenvalue weighted by Crippen LogP contribution is -2.50. The summed E-state index contributed by atoms with van der Waals surface area (Å²) >= 11 is 0. The first-order valence-corrected chi connectivity index (χ1v) is 12.2. The van der Waals surface area contributed by atoms with Gasteiger partial charge in [-0.3, -0.25) is 14.6 Å². The molecule has 0 bridgehead atoms. The SMILES string of the molecule is COc1ccccc1-c1cnc2c(c1)C(=O)N([C@H](C)CO)C[C@@H](C)[C@@H](CN(C)C(=O)c1ccncc1)O2. The van der Waals surface area contributed by atoms with E-state index in [0.29, 0.717) is 29.0 Å². The fourth-order valence-electron chi connectivity index (χ4n) is 4.42. The molecule has 2 aromatic heterocycles. The number of hydrogen-bond donors (Lipinski definition) is 1. The van der Waals surface area contributed by atoms with E-state index in [-0.39, 0.29) is 36.8 Å². The van der Waals surface area contributed by atoms with Crippen molar-refractivity contribution in [2.45, 2.75) is 26.0 Å². The molecule has 0 saturated heterocycles. The van der Waals surface area contributed by atoms with Crippen molar-refractivity contribution in [3.05, 3.63) is 72.2 Å². The predicted octanol–water partition coefficient (Wildman–Crippen LogP) is 3.14. The van der Waals surface area contributed by atoms with Crippen molar-refractivity contribution in [3.63, 3.8) is 0 Å². The van der Waals surface area contributed by atoms with Crippen LogP contribution in [0.25, 0.3) is 11.1 Å². The Labute approximate surface area is 216 Å². The molecule has 1 aromatic carbocycles. The Morgan fingerprint density at radius 3 is 2.68 bits per heavy atom. The van der Waals surface area contributed by atoms with E-state index in [9.17, 15) is 14.7 Å². The van der Waals surface area contributed by atoms with Gasteiger partial charge in [-0.15, -0.1) is 0 Å².